The van der Waals surface area contributed by atoms with Crippen LogP contribution in [-0.2, 0) is 19.8 Å². The van der Waals surface area contributed by atoms with Gasteiger partial charge in [-0.1, -0.05) is 18.2 Å². The van der Waals surface area contributed by atoms with Crippen molar-refractivity contribution in [3.63, 3.8) is 0 Å². The summed E-state index contributed by atoms with van der Waals surface area (Å²) >= 11 is 0. The van der Waals surface area contributed by atoms with Crippen molar-refractivity contribution in [3.05, 3.63) is 47.2 Å². The van der Waals surface area contributed by atoms with E-state index in [1.807, 2.05) is 0 Å². The van der Waals surface area contributed by atoms with Gasteiger partial charge in [-0.15, -0.1) is 0 Å². The fourth-order valence-electron chi connectivity index (χ4n) is 2.01. The van der Waals surface area contributed by atoms with Crippen molar-refractivity contribution in [2.24, 2.45) is 7.05 Å². The second kappa shape index (κ2) is 5.59. The van der Waals surface area contributed by atoms with Gasteiger partial charge in [0, 0.05) is 19.8 Å². The van der Waals surface area contributed by atoms with Crippen LogP contribution in [-0.4, -0.2) is 15.6 Å². The molecule has 1 aromatic heterocycles. The highest BCUT2D eigenvalue weighted by molar-refractivity contribution is 5.98. The summed E-state index contributed by atoms with van der Waals surface area (Å²) < 4.78 is 40.1. The first kappa shape index (κ1) is 15.1. The molecular weight excluding hydrogens is 283 g/mol. The fourth-order valence-corrected chi connectivity index (χ4v) is 2.01. The molecule has 2 aromatic rings. The van der Waals surface area contributed by atoms with Crippen LogP contribution in [0.4, 0.5) is 19.0 Å². The Morgan fingerprint density at radius 1 is 1.33 bits per heavy atom. The number of aromatic nitrogens is 2. The summed E-state index contributed by atoms with van der Waals surface area (Å²) in [7, 11) is 1.64. The predicted octanol–water partition coefficient (Wildman–Crippen LogP) is 3.25. The quantitative estimate of drug-likeness (QED) is 0.881. The standard InChI is InChI=1S/C14H14F3N3O/c1-9(21)11-8-20(2)19-13(11)18-7-10-5-3-4-6-12(10)14(15,16)17/h3-6,8H,7H2,1-2H3,(H,18,19). The van der Waals surface area contributed by atoms with Crippen molar-refractivity contribution in [3.8, 4) is 0 Å². The number of alkyl halides is 3. The monoisotopic (exact) mass is 297 g/mol. The van der Waals surface area contributed by atoms with Crippen LogP contribution < -0.4 is 5.32 Å². The number of Topliss-reactive ketones (excluding diaryl/α,β-unsaturated/α-hetero) is 1. The molecule has 0 aliphatic rings. The third kappa shape index (κ3) is 3.42. The number of carbonyl (C=O) groups is 1. The van der Waals surface area contributed by atoms with Gasteiger partial charge in [-0.3, -0.25) is 9.48 Å². The molecule has 0 saturated carbocycles. The zero-order valence-electron chi connectivity index (χ0n) is 11.5. The third-order valence-electron chi connectivity index (χ3n) is 2.98. The minimum Gasteiger partial charge on any atom is -0.364 e. The molecule has 0 radical (unpaired) electrons. The smallest absolute Gasteiger partial charge is 0.364 e. The Balaban J connectivity index is 2.24. The summed E-state index contributed by atoms with van der Waals surface area (Å²) in [5.74, 6) is 0.0803. The van der Waals surface area contributed by atoms with Gasteiger partial charge in [0.15, 0.2) is 11.6 Å². The van der Waals surface area contributed by atoms with Crippen LogP contribution in [0.5, 0.6) is 0 Å². The minimum absolute atomic E-state index is 0.0625. The molecule has 0 aliphatic carbocycles. The van der Waals surface area contributed by atoms with Gasteiger partial charge in [-0.2, -0.15) is 18.3 Å². The van der Waals surface area contributed by atoms with Crippen LogP contribution in [0.3, 0.4) is 0 Å². The lowest BCUT2D eigenvalue weighted by Gasteiger charge is -2.13. The summed E-state index contributed by atoms with van der Waals surface area (Å²) in [6.45, 7) is 1.32. The van der Waals surface area contributed by atoms with Crippen LogP contribution in [0.25, 0.3) is 0 Å². The number of rotatable bonds is 4. The van der Waals surface area contributed by atoms with Gasteiger partial charge in [0.05, 0.1) is 11.1 Å². The number of halogens is 3. The van der Waals surface area contributed by atoms with E-state index in [1.54, 1.807) is 7.05 Å². The highest BCUT2D eigenvalue weighted by Crippen LogP contribution is 2.32. The Kier molecular flexibility index (Phi) is 4.02. The topological polar surface area (TPSA) is 46.9 Å². The summed E-state index contributed by atoms with van der Waals surface area (Å²) in [5.41, 5.74) is -0.245. The van der Waals surface area contributed by atoms with E-state index < -0.39 is 11.7 Å². The average Bonchev–Trinajstić information content (AvgIpc) is 2.77. The Bertz CT molecular complexity index is 662. The second-order valence-electron chi connectivity index (χ2n) is 4.63. The lowest BCUT2D eigenvalue weighted by Crippen LogP contribution is -2.12. The zero-order chi connectivity index (χ0) is 15.6. The average molecular weight is 297 g/mol. The summed E-state index contributed by atoms with van der Waals surface area (Å²) in [5, 5.41) is 6.83. The van der Waals surface area contributed by atoms with Crippen molar-refractivity contribution in [1.29, 1.82) is 0 Å². The van der Waals surface area contributed by atoms with Crippen LogP contribution in [0.15, 0.2) is 30.5 Å². The first-order valence-corrected chi connectivity index (χ1v) is 6.22. The van der Waals surface area contributed by atoms with E-state index in [0.717, 1.165) is 6.07 Å². The van der Waals surface area contributed by atoms with Crippen LogP contribution in [0, 0.1) is 0 Å². The Morgan fingerprint density at radius 3 is 2.62 bits per heavy atom. The number of ketones is 1. The summed E-state index contributed by atoms with van der Waals surface area (Å²) in [4.78, 5) is 11.4. The maximum atomic E-state index is 12.9. The van der Waals surface area contributed by atoms with Gasteiger partial charge < -0.3 is 5.32 Å². The molecule has 0 saturated heterocycles. The molecule has 1 heterocycles. The maximum Gasteiger partial charge on any atom is 0.416 e. The van der Waals surface area contributed by atoms with Crippen molar-refractivity contribution in [2.45, 2.75) is 19.6 Å². The molecule has 0 fully saturated rings. The highest BCUT2D eigenvalue weighted by Gasteiger charge is 2.32. The van der Waals surface area contributed by atoms with Gasteiger partial charge in [0.1, 0.15) is 0 Å². The molecule has 0 unspecified atom stereocenters. The van der Waals surface area contributed by atoms with E-state index in [-0.39, 0.29) is 23.7 Å². The normalized spacial score (nSPS) is 11.5. The van der Waals surface area contributed by atoms with Crippen LogP contribution in [0.2, 0.25) is 0 Å². The van der Waals surface area contributed by atoms with E-state index in [4.69, 9.17) is 0 Å². The SMILES string of the molecule is CC(=O)c1cn(C)nc1NCc1ccccc1C(F)(F)F. The molecular formula is C14H14F3N3O. The number of nitrogens with zero attached hydrogens (tertiary/aromatic N) is 2. The largest absolute Gasteiger partial charge is 0.416 e. The number of aryl methyl sites for hydroxylation is 1. The van der Waals surface area contributed by atoms with Crippen molar-refractivity contribution in [2.75, 3.05) is 5.32 Å². The molecule has 0 atom stereocenters. The van der Waals surface area contributed by atoms with Gasteiger partial charge in [-0.05, 0) is 18.6 Å². The number of nitrogens with one attached hydrogen (secondary N) is 1. The number of anilines is 1. The third-order valence-corrected chi connectivity index (χ3v) is 2.98. The van der Waals surface area contributed by atoms with Gasteiger partial charge in [0.25, 0.3) is 0 Å². The van der Waals surface area contributed by atoms with Gasteiger partial charge >= 0.3 is 6.18 Å². The Labute approximate surface area is 119 Å². The van der Waals surface area contributed by atoms with Crippen molar-refractivity contribution < 1.29 is 18.0 Å². The molecule has 0 aliphatic heterocycles. The Morgan fingerprint density at radius 2 is 2.00 bits per heavy atom. The molecule has 1 aromatic carbocycles. The second-order valence-corrected chi connectivity index (χ2v) is 4.63. The number of hydrogen-bond acceptors (Lipinski definition) is 3. The summed E-state index contributed by atoms with van der Waals surface area (Å²) in [6.07, 6.45) is -2.88. The molecule has 21 heavy (non-hydrogen) atoms. The van der Waals surface area contributed by atoms with E-state index >= 15 is 0 Å². The predicted molar refractivity (Wildman–Crippen MR) is 72.0 cm³/mol. The Hall–Kier alpha value is -2.31. The lowest BCUT2D eigenvalue weighted by molar-refractivity contribution is -0.138. The van der Waals surface area contributed by atoms with E-state index in [1.165, 1.54) is 36.0 Å². The molecule has 0 bridgehead atoms. The molecule has 2 rings (SSSR count). The van der Waals surface area contributed by atoms with Crippen LogP contribution in [0.1, 0.15) is 28.4 Å². The summed E-state index contributed by atoms with van der Waals surface area (Å²) in [6, 6.07) is 5.30. The van der Waals surface area contributed by atoms with Gasteiger partial charge in [-0.25, -0.2) is 0 Å². The molecule has 1 N–H and O–H groups in total. The number of hydrogen-bond donors (Lipinski definition) is 1. The maximum absolute atomic E-state index is 12.9. The van der Waals surface area contributed by atoms with E-state index in [9.17, 15) is 18.0 Å². The van der Waals surface area contributed by atoms with Crippen molar-refractivity contribution >= 4 is 11.6 Å². The highest BCUT2D eigenvalue weighted by atomic mass is 19.4. The number of carbonyl (C=O) groups excluding carboxylic acids is 1. The fraction of sp³-hybridized carbons (Fsp3) is 0.286. The van der Waals surface area contributed by atoms with Gasteiger partial charge in [0.2, 0.25) is 0 Å². The van der Waals surface area contributed by atoms with Crippen LogP contribution >= 0.6 is 0 Å². The van der Waals surface area contributed by atoms with E-state index in [2.05, 4.69) is 10.4 Å². The molecule has 0 amide bonds. The molecule has 7 heteroatoms. The molecule has 0 spiro atoms. The van der Waals surface area contributed by atoms with Crippen molar-refractivity contribution in [1.82, 2.24) is 9.78 Å². The zero-order valence-corrected chi connectivity index (χ0v) is 11.5. The van der Waals surface area contributed by atoms with E-state index in [0.29, 0.717) is 5.56 Å². The first-order valence-electron chi connectivity index (χ1n) is 6.22. The lowest BCUT2D eigenvalue weighted by atomic mass is 10.1. The molecule has 4 nitrogen and oxygen atoms in total. The minimum atomic E-state index is -4.41. The number of benzene rings is 1. The molecule has 112 valence electrons. The first-order chi connectivity index (χ1) is 9.79.